The van der Waals surface area contributed by atoms with Crippen LogP contribution in [0, 0.1) is 0 Å². The molecular formula is C9H26ClN2O4P. The molecule has 0 aromatic rings. The molecule has 0 radical (unpaired) electrons. The van der Waals surface area contributed by atoms with Crippen molar-refractivity contribution < 1.29 is 41.2 Å². The van der Waals surface area contributed by atoms with Gasteiger partial charge in [-0.05, 0) is 0 Å². The molecule has 6 nitrogen and oxygen atoms in total. The normalized spacial score (nSPS) is 16.4. The van der Waals surface area contributed by atoms with Crippen LogP contribution in [0.1, 0.15) is 0 Å². The van der Waals surface area contributed by atoms with Crippen LogP contribution < -0.4 is 22.2 Å². The molecule has 0 amide bonds. The Morgan fingerprint density at radius 1 is 1.29 bits per heavy atom. The van der Waals surface area contributed by atoms with Gasteiger partial charge < -0.3 is 41.2 Å². The van der Waals surface area contributed by atoms with Crippen molar-refractivity contribution in [2.75, 3.05) is 55.0 Å². The highest BCUT2D eigenvalue weighted by Gasteiger charge is 2.18. The standard InChI is InChI=1S/C6H16NO4P.C3H9N.ClH/c1-7(2,3)4-6(8)5-12(9,10)11;1-4(2)3;/h6,8H,4-5H2,1-3H3,(H-,9,10,11);1-3H3;1H/t6-;;/m1../s1. The zero-order valence-corrected chi connectivity index (χ0v) is 13.1. The van der Waals surface area contributed by atoms with E-state index in [4.69, 9.17) is 4.89 Å². The SMILES string of the molecule is C[N+](C)(C)C[C@@H](O)CP(=O)([O-])O.C[NH+](C)C.[Cl-]. The van der Waals surface area contributed by atoms with Crippen LogP contribution in [0.3, 0.4) is 0 Å². The van der Waals surface area contributed by atoms with Crippen LogP contribution in [0.5, 0.6) is 0 Å². The molecule has 0 bridgehead atoms. The van der Waals surface area contributed by atoms with E-state index in [1.807, 2.05) is 21.1 Å². The molecule has 0 aromatic carbocycles. The third kappa shape index (κ3) is 31.4. The first-order valence-corrected chi connectivity index (χ1v) is 6.88. The second kappa shape index (κ2) is 9.28. The molecule has 0 fully saturated rings. The van der Waals surface area contributed by atoms with Gasteiger partial charge in [0.2, 0.25) is 0 Å². The number of halogens is 1. The van der Waals surface area contributed by atoms with Gasteiger partial charge in [0.25, 0.3) is 0 Å². The van der Waals surface area contributed by atoms with Gasteiger partial charge in [-0.15, -0.1) is 0 Å². The lowest BCUT2D eigenvalue weighted by Gasteiger charge is -2.28. The molecule has 0 aliphatic carbocycles. The molecule has 17 heavy (non-hydrogen) atoms. The Labute approximate surface area is 110 Å². The van der Waals surface area contributed by atoms with Crippen LogP contribution in [0.4, 0.5) is 0 Å². The monoisotopic (exact) mass is 292 g/mol. The molecule has 0 heterocycles. The molecule has 3 N–H and O–H groups in total. The summed E-state index contributed by atoms with van der Waals surface area (Å²) in [5.41, 5.74) is 0. The first kappa shape index (κ1) is 22.5. The number of hydrogen-bond acceptors (Lipinski definition) is 3. The maximum atomic E-state index is 10.3. The number of aliphatic hydroxyl groups is 1. The highest BCUT2D eigenvalue weighted by molar-refractivity contribution is 7.50. The van der Waals surface area contributed by atoms with Gasteiger partial charge in [0.15, 0.2) is 0 Å². The Hall–Kier alpha value is 0.320. The summed E-state index contributed by atoms with van der Waals surface area (Å²) in [5, 5.41) is 9.17. The summed E-state index contributed by atoms with van der Waals surface area (Å²) in [7, 11) is 7.42. The van der Waals surface area contributed by atoms with Crippen molar-refractivity contribution in [1.29, 1.82) is 0 Å². The average Bonchev–Trinajstić information content (AvgIpc) is 1.72. The fourth-order valence-electron chi connectivity index (χ4n) is 0.956. The predicted molar refractivity (Wildman–Crippen MR) is 62.3 cm³/mol. The molecule has 108 valence electrons. The second-order valence-corrected chi connectivity index (χ2v) is 7.09. The summed E-state index contributed by atoms with van der Waals surface area (Å²) in [6.45, 7) is 0.298. The van der Waals surface area contributed by atoms with Crippen LogP contribution in [0.15, 0.2) is 0 Å². The van der Waals surface area contributed by atoms with E-state index in [1.54, 1.807) is 0 Å². The lowest BCUT2D eigenvalue weighted by Crippen LogP contribution is -3.02. The van der Waals surface area contributed by atoms with E-state index < -0.39 is 19.9 Å². The molecule has 0 spiro atoms. The molecular weight excluding hydrogens is 267 g/mol. The minimum atomic E-state index is -4.32. The van der Waals surface area contributed by atoms with Crippen molar-refractivity contribution in [3.63, 3.8) is 0 Å². The molecule has 0 aliphatic rings. The molecule has 0 aliphatic heterocycles. The average molecular weight is 293 g/mol. The maximum absolute atomic E-state index is 10.3. The maximum Gasteiger partial charge on any atom is 0.135 e. The van der Waals surface area contributed by atoms with E-state index in [0.29, 0.717) is 11.0 Å². The molecule has 2 atom stereocenters. The minimum Gasteiger partial charge on any atom is -1.00 e. The summed E-state index contributed by atoms with van der Waals surface area (Å²) in [6.07, 6.45) is -1.57. The van der Waals surface area contributed by atoms with E-state index in [9.17, 15) is 14.6 Å². The van der Waals surface area contributed by atoms with Crippen molar-refractivity contribution >= 4 is 7.60 Å². The van der Waals surface area contributed by atoms with Gasteiger partial charge in [0.1, 0.15) is 20.2 Å². The summed E-state index contributed by atoms with van der Waals surface area (Å²) in [6, 6.07) is 0. The molecule has 0 saturated heterocycles. The Morgan fingerprint density at radius 2 is 1.59 bits per heavy atom. The van der Waals surface area contributed by atoms with Crippen molar-refractivity contribution in [2.24, 2.45) is 0 Å². The summed E-state index contributed by atoms with van der Waals surface area (Å²) >= 11 is 0. The van der Waals surface area contributed by atoms with E-state index >= 15 is 0 Å². The third-order valence-electron chi connectivity index (χ3n) is 1.20. The number of hydrogen-bond donors (Lipinski definition) is 3. The molecule has 8 heteroatoms. The Kier molecular flexibility index (Phi) is 12.3. The van der Waals surface area contributed by atoms with Gasteiger partial charge in [0, 0.05) is 6.16 Å². The van der Waals surface area contributed by atoms with Crippen molar-refractivity contribution in [3.05, 3.63) is 0 Å². The third-order valence-corrected chi connectivity index (χ3v) is 2.08. The van der Waals surface area contributed by atoms with Crippen LogP contribution in [-0.2, 0) is 4.57 Å². The number of likely N-dealkylation sites (N-methyl/N-ethyl adjacent to an activating group) is 1. The first-order valence-electron chi connectivity index (χ1n) is 5.11. The van der Waals surface area contributed by atoms with Crippen molar-refractivity contribution in [2.45, 2.75) is 6.10 Å². The number of rotatable bonds is 4. The zero-order valence-electron chi connectivity index (χ0n) is 11.5. The largest absolute Gasteiger partial charge is 1.00 e. The van der Waals surface area contributed by atoms with Crippen LogP contribution >= 0.6 is 7.60 Å². The number of nitrogens with zero attached hydrogens (tertiary/aromatic N) is 1. The van der Waals surface area contributed by atoms with Gasteiger partial charge in [-0.25, -0.2) is 0 Å². The van der Waals surface area contributed by atoms with E-state index in [1.165, 1.54) is 4.90 Å². The number of nitrogens with one attached hydrogen (secondary N) is 1. The predicted octanol–water partition coefficient (Wildman–Crippen LogP) is -5.64. The van der Waals surface area contributed by atoms with Gasteiger partial charge >= 0.3 is 0 Å². The van der Waals surface area contributed by atoms with E-state index in [2.05, 4.69) is 21.1 Å². The van der Waals surface area contributed by atoms with Gasteiger partial charge in [-0.2, -0.15) is 0 Å². The lowest BCUT2D eigenvalue weighted by atomic mass is 10.3. The lowest BCUT2D eigenvalue weighted by molar-refractivity contribution is -0.873. The topological polar surface area (TPSA) is 85.0 Å². The zero-order chi connectivity index (χ0) is 13.6. The number of quaternary nitrogens is 2. The van der Waals surface area contributed by atoms with Gasteiger partial charge in [-0.1, -0.05) is 0 Å². The van der Waals surface area contributed by atoms with Crippen molar-refractivity contribution in [3.8, 4) is 0 Å². The second-order valence-electron chi connectivity index (χ2n) is 5.45. The number of aliphatic hydroxyl groups excluding tert-OH is 1. The van der Waals surface area contributed by atoms with Crippen molar-refractivity contribution in [1.82, 2.24) is 0 Å². The van der Waals surface area contributed by atoms with Crippen LogP contribution in [-0.4, -0.2) is 75.6 Å². The quantitative estimate of drug-likeness (QED) is 0.356. The molecule has 0 saturated carbocycles. The fraction of sp³-hybridized carbons (Fsp3) is 1.00. The summed E-state index contributed by atoms with van der Waals surface area (Å²) in [5.74, 6) is 0. The van der Waals surface area contributed by atoms with Gasteiger partial charge in [0.05, 0.1) is 42.3 Å². The first-order chi connectivity index (χ1) is 6.83. The molecule has 0 rings (SSSR count). The van der Waals surface area contributed by atoms with Crippen LogP contribution in [0.2, 0.25) is 0 Å². The Bertz CT molecular complexity index is 225. The van der Waals surface area contributed by atoms with E-state index in [-0.39, 0.29) is 12.4 Å². The minimum absolute atomic E-state index is 0. The molecule has 0 aromatic heterocycles. The summed E-state index contributed by atoms with van der Waals surface area (Å²) in [4.78, 5) is 20.2. The Balaban J connectivity index is -0.000000340. The fourth-order valence-corrected chi connectivity index (χ4v) is 1.60. The van der Waals surface area contributed by atoms with Crippen LogP contribution in [0.25, 0.3) is 0 Å². The smallest absolute Gasteiger partial charge is 0.135 e. The summed E-state index contributed by atoms with van der Waals surface area (Å²) < 4.78 is 10.8. The highest BCUT2D eigenvalue weighted by atomic mass is 35.5. The molecule has 1 unspecified atom stereocenters. The highest BCUT2D eigenvalue weighted by Crippen LogP contribution is 2.29. The Morgan fingerprint density at radius 3 is 1.76 bits per heavy atom. The van der Waals surface area contributed by atoms with Gasteiger partial charge in [-0.3, -0.25) is 0 Å². The van der Waals surface area contributed by atoms with E-state index in [0.717, 1.165) is 0 Å².